The van der Waals surface area contributed by atoms with Crippen LogP contribution in [0.4, 0.5) is 0 Å². The largest absolute Gasteiger partial charge is 0.491 e. The smallest absolute Gasteiger partial charge is 0.162 e. The third-order valence-electron chi connectivity index (χ3n) is 4.08. The second kappa shape index (κ2) is 8.15. The van der Waals surface area contributed by atoms with E-state index in [0.717, 1.165) is 0 Å². The molecule has 1 fully saturated rings. The van der Waals surface area contributed by atoms with Gasteiger partial charge in [-0.3, -0.25) is 4.79 Å². The van der Waals surface area contributed by atoms with E-state index >= 15 is 0 Å². The summed E-state index contributed by atoms with van der Waals surface area (Å²) in [5, 5.41) is 12.2. The van der Waals surface area contributed by atoms with E-state index in [4.69, 9.17) is 4.74 Å². The molecule has 1 aliphatic rings. The lowest BCUT2D eigenvalue weighted by Crippen LogP contribution is -2.91. The van der Waals surface area contributed by atoms with Crippen molar-refractivity contribution in [1.29, 1.82) is 0 Å². The fourth-order valence-electron chi connectivity index (χ4n) is 2.74. The molecule has 4 nitrogen and oxygen atoms in total. The van der Waals surface area contributed by atoms with Crippen LogP contribution in [0.5, 0.6) is 5.75 Å². The van der Waals surface area contributed by atoms with Crippen molar-refractivity contribution < 1.29 is 20.0 Å². The van der Waals surface area contributed by atoms with Crippen molar-refractivity contribution in [2.45, 2.75) is 51.2 Å². The van der Waals surface area contributed by atoms with Crippen molar-refractivity contribution in [3.8, 4) is 5.75 Å². The number of carbonyl (C=O) groups excluding carboxylic acids is 1. The van der Waals surface area contributed by atoms with Gasteiger partial charge < -0.3 is 15.2 Å². The summed E-state index contributed by atoms with van der Waals surface area (Å²) >= 11 is 0. The Morgan fingerprint density at radius 2 is 2.00 bits per heavy atom. The lowest BCUT2D eigenvalue weighted by Gasteiger charge is -2.14. The molecule has 0 aromatic heterocycles. The highest BCUT2D eigenvalue weighted by molar-refractivity contribution is 5.95. The number of benzene rings is 1. The number of quaternary nitrogens is 1. The van der Waals surface area contributed by atoms with Crippen LogP contribution in [-0.4, -0.2) is 36.2 Å². The minimum atomic E-state index is -0.456. The molecule has 2 rings (SSSR count). The van der Waals surface area contributed by atoms with E-state index in [1.54, 1.807) is 24.3 Å². The summed E-state index contributed by atoms with van der Waals surface area (Å²) < 4.78 is 5.57. The van der Waals surface area contributed by atoms with E-state index in [2.05, 4.69) is 5.32 Å². The fraction of sp³-hybridized carbons (Fsp3) is 0.588. The molecule has 4 heteroatoms. The molecule has 1 aromatic carbocycles. The average Bonchev–Trinajstić information content (AvgIpc) is 3.04. The summed E-state index contributed by atoms with van der Waals surface area (Å²) in [6.45, 7) is 2.84. The summed E-state index contributed by atoms with van der Waals surface area (Å²) in [7, 11) is 0. The normalized spacial score (nSPS) is 16.9. The number of hydrogen-bond donors (Lipinski definition) is 2. The van der Waals surface area contributed by atoms with E-state index in [-0.39, 0.29) is 5.78 Å². The summed E-state index contributed by atoms with van der Waals surface area (Å²) in [4.78, 5) is 11.5. The van der Waals surface area contributed by atoms with Gasteiger partial charge in [0.1, 0.15) is 25.0 Å². The molecule has 0 aliphatic heterocycles. The molecule has 3 N–H and O–H groups in total. The third-order valence-corrected chi connectivity index (χ3v) is 4.08. The molecule has 1 atom stereocenters. The van der Waals surface area contributed by atoms with Crippen LogP contribution in [0.3, 0.4) is 0 Å². The molecule has 116 valence electrons. The summed E-state index contributed by atoms with van der Waals surface area (Å²) in [6, 6.07) is 7.81. The maximum absolute atomic E-state index is 11.5. The van der Waals surface area contributed by atoms with Crippen molar-refractivity contribution in [1.82, 2.24) is 0 Å². The summed E-state index contributed by atoms with van der Waals surface area (Å²) in [5.41, 5.74) is 0.708. The number of Topliss-reactive ketones (excluding diaryl/α,β-unsaturated/α-hetero) is 1. The molecule has 21 heavy (non-hydrogen) atoms. The second-order valence-corrected chi connectivity index (χ2v) is 5.78. The summed E-state index contributed by atoms with van der Waals surface area (Å²) in [6.07, 6.45) is 5.21. The summed E-state index contributed by atoms with van der Waals surface area (Å²) in [5.74, 6) is 0.829. The Hall–Kier alpha value is -1.39. The molecular formula is C17H26NO3+. The number of hydrogen-bond acceptors (Lipinski definition) is 3. The first-order valence-electron chi connectivity index (χ1n) is 7.96. The van der Waals surface area contributed by atoms with E-state index in [0.29, 0.717) is 36.9 Å². The standard InChI is InChI=1S/C17H25NO3/c1-2-17(20)13-7-9-16(10-8-13)21-12-15(19)11-18-14-5-3-4-6-14/h7-10,14-15,18-19H,2-6,11-12H2,1H3/p+1/t15-/m1/s1. The SMILES string of the molecule is CCC(=O)c1ccc(OC[C@H](O)C[NH2+]C2CCCC2)cc1. The maximum Gasteiger partial charge on any atom is 0.162 e. The van der Waals surface area contributed by atoms with Crippen LogP contribution in [0.2, 0.25) is 0 Å². The van der Waals surface area contributed by atoms with Gasteiger partial charge in [0.2, 0.25) is 0 Å². The average molecular weight is 292 g/mol. The van der Waals surface area contributed by atoms with Gasteiger partial charge in [-0.2, -0.15) is 0 Å². The van der Waals surface area contributed by atoms with Gasteiger partial charge in [0.15, 0.2) is 5.78 Å². The Kier molecular flexibility index (Phi) is 6.21. The Labute approximate surface area is 126 Å². The highest BCUT2D eigenvalue weighted by Gasteiger charge is 2.19. The number of carbonyl (C=O) groups is 1. The van der Waals surface area contributed by atoms with Crippen LogP contribution in [0, 0.1) is 0 Å². The Bertz CT molecular complexity index is 438. The second-order valence-electron chi connectivity index (χ2n) is 5.78. The number of ketones is 1. The Morgan fingerprint density at radius 1 is 1.33 bits per heavy atom. The highest BCUT2D eigenvalue weighted by atomic mass is 16.5. The van der Waals surface area contributed by atoms with Gasteiger partial charge in [0.05, 0.1) is 6.04 Å². The molecule has 0 unspecified atom stereocenters. The molecule has 1 aliphatic carbocycles. The van der Waals surface area contributed by atoms with Crippen LogP contribution in [0.15, 0.2) is 24.3 Å². The molecule has 0 heterocycles. The first kappa shape index (κ1) is 16.0. The highest BCUT2D eigenvalue weighted by Crippen LogP contribution is 2.15. The Morgan fingerprint density at radius 3 is 2.62 bits per heavy atom. The predicted octanol–water partition coefficient (Wildman–Crippen LogP) is 1.52. The first-order chi connectivity index (χ1) is 10.2. The van der Waals surface area contributed by atoms with Crippen LogP contribution in [0.25, 0.3) is 0 Å². The molecule has 0 saturated heterocycles. The van der Waals surface area contributed by atoms with Gasteiger partial charge in [0.25, 0.3) is 0 Å². The number of aliphatic hydroxyl groups is 1. The van der Waals surface area contributed by atoms with Crippen LogP contribution in [0.1, 0.15) is 49.4 Å². The molecular weight excluding hydrogens is 266 g/mol. The zero-order valence-corrected chi connectivity index (χ0v) is 12.8. The quantitative estimate of drug-likeness (QED) is 0.714. The minimum absolute atomic E-state index is 0.132. The minimum Gasteiger partial charge on any atom is -0.491 e. The van der Waals surface area contributed by atoms with Crippen molar-refractivity contribution in [3.63, 3.8) is 0 Å². The topological polar surface area (TPSA) is 63.1 Å². The van der Waals surface area contributed by atoms with Crippen LogP contribution < -0.4 is 10.1 Å². The molecule has 1 saturated carbocycles. The zero-order chi connectivity index (χ0) is 15.1. The van der Waals surface area contributed by atoms with E-state index < -0.39 is 6.10 Å². The molecule has 0 spiro atoms. The van der Waals surface area contributed by atoms with Crippen LogP contribution in [-0.2, 0) is 0 Å². The van der Waals surface area contributed by atoms with E-state index in [1.165, 1.54) is 25.7 Å². The molecule has 0 amide bonds. The van der Waals surface area contributed by atoms with Crippen LogP contribution >= 0.6 is 0 Å². The molecule has 1 aromatic rings. The van der Waals surface area contributed by atoms with Gasteiger partial charge in [-0.1, -0.05) is 6.92 Å². The van der Waals surface area contributed by atoms with Crippen molar-refractivity contribution >= 4 is 5.78 Å². The van der Waals surface area contributed by atoms with Gasteiger partial charge in [-0.25, -0.2) is 0 Å². The predicted molar refractivity (Wildman–Crippen MR) is 81.6 cm³/mol. The van der Waals surface area contributed by atoms with Gasteiger partial charge in [-0.15, -0.1) is 0 Å². The number of ether oxygens (including phenoxy) is 1. The van der Waals surface area contributed by atoms with Crippen molar-refractivity contribution in [2.75, 3.05) is 13.2 Å². The molecule has 0 radical (unpaired) electrons. The van der Waals surface area contributed by atoms with Crippen molar-refractivity contribution in [3.05, 3.63) is 29.8 Å². The lowest BCUT2D eigenvalue weighted by molar-refractivity contribution is -0.693. The third kappa shape index (κ3) is 5.14. The van der Waals surface area contributed by atoms with Gasteiger partial charge in [0, 0.05) is 12.0 Å². The van der Waals surface area contributed by atoms with E-state index in [9.17, 15) is 9.90 Å². The first-order valence-corrected chi connectivity index (χ1v) is 7.96. The fourth-order valence-corrected chi connectivity index (χ4v) is 2.74. The monoisotopic (exact) mass is 292 g/mol. The lowest BCUT2D eigenvalue weighted by atomic mass is 10.1. The number of aliphatic hydroxyl groups excluding tert-OH is 1. The van der Waals surface area contributed by atoms with Gasteiger partial charge in [-0.05, 0) is 49.9 Å². The van der Waals surface area contributed by atoms with Crippen molar-refractivity contribution in [2.24, 2.45) is 0 Å². The number of nitrogens with two attached hydrogens (primary N) is 1. The zero-order valence-electron chi connectivity index (χ0n) is 12.8. The maximum atomic E-state index is 11.5. The van der Waals surface area contributed by atoms with Gasteiger partial charge >= 0.3 is 0 Å². The molecule has 0 bridgehead atoms. The Balaban J connectivity index is 1.70. The number of rotatable bonds is 8. The van der Waals surface area contributed by atoms with E-state index in [1.807, 2.05) is 6.92 Å².